The first-order valence-corrected chi connectivity index (χ1v) is 9.56. The number of carboxylic acid groups (broad SMARTS) is 1. The summed E-state index contributed by atoms with van der Waals surface area (Å²) in [7, 11) is 0. The molecule has 0 atom stereocenters. The minimum Gasteiger partial charge on any atom is -0.478 e. The number of amidine groups is 1. The van der Waals surface area contributed by atoms with Crippen molar-refractivity contribution >= 4 is 40.6 Å². The third-order valence-corrected chi connectivity index (χ3v) is 5.24. The van der Waals surface area contributed by atoms with Gasteiger partial charge in [-0.25, -0.2) is 9.79 Å². The van der Waals surface area contributed by atoms with Crippen molar-refractivity contribution in [3.8, 4) is 0 Å². The van der Waals surface area contributed by atoms with Crippen LogP contribution < -0.4 is 0 Å². The van der Waals surface area contributed by atoms with Gasteiger partial charge in [0.1, 0.15) is 0 Å². The quantitative estimate of drug-likeness (QED) is 0.772. The molecule has 1 saturated heterocycles. The molecule has 0 radical (unpaired) electrons. The second-order valence-corrected chi connectivity index (χ2v) is 7.01. The van der Waals surface area contributed by atoms with Crippen LogP contribution in [0.3, 0.4) is 0 Å². The van der Waals surface area contributed by atoms with Crippen LogP contribution in [0, 0.1) is 0 Å². The highest BCUT2D eigenvalue weighted by molar-refractivity contribution is 8.18. The topological polar surface area (TPSA) is 70.0 Å². The summed E-state index contributed by atoms with van der Waals surface area (Å²) in [5.74, 6) is -1.04. The molecule has 6 heteroatoms. The fourth-order valence-corrected chi connectivity index (χ4v) is 3.72. The maximum atomic E-state index is 12.7. The van der Waals surface area contributed by atoms with Crippen molar-refractivity contribution in [3.63, 3.8) is 0 Å². The Morgan fingerprint density at radius 1 is 1.11 bits per heavy atom. The van der Waals surface area contributed by atoms with Gasteiger partial charge in [0.15, 0.2) is 5.17 Å². The molecule has 1 heterocycles. The first-order chi connectivity index (χ1) is 13.0. The summed E-state index contributed by atoms with van der Waals surface area (Å²) in [6.45, 7) is 4.53. The molecule has 0 unspecified atom stereocenters. The number of thioether (sulfide) groups is 1. The largest absolute Gasteiger partial charge is 0.478 e. The highest BCUT2D eigenvalue weighted by Gasteiger charge is 2.32. The molecular weight excluding hydrogens is 360 g/mol. The van der Waals surface area contributed by atoms with E-state index in [9.17, 15) is 9.59 Å². The van der Waals surface area contributed by atoms with Gasteiger partial charge < -0.3 is 5.11 Å². The van der Waals surface area contributed by atoms with Gasteiger partial charge in [0, 0.05) is 6.54 Å². The smallest absolute Gasteiger partial charge is 0.335 e. The molecule has 2 aromatic carbocycles. The van der Waals surface area contributed by atoms with Crippen molar-refractivity contribution in [1.82, 2.24) is 4.90 Å². The molecule has 0 spiro atoms. The van der Waals surface area contributed by atoms with E-state index >= 15 is 0 Å². The van der Waals surface area contributed by atoms with E-state index in [1.165, 1.54) is 29.5 Å². The van der Waals surface area contributed by atoms with Crippen LogP contribution in [0.1, 0.15) is 35.3 Å². The Bertz CT molecular complexity index is 915. The number of likely N-dealkylation sites (N-methyl/N-ethyl adjacent to an activating group) is 1. The van der Waals surface area contributed by atoms with Crippen LogP contribution in [0.2, 0.25) is 0 Å². The van der Waals surface area contributed by atoms with E-state index < -0.39 is 5.97 Å². The number of aryl methyl sites for hydroxylation is 1. The van der Waals surface area contributed by atoms with Crippen molar-refractivity contribution in [2.45, 2.75) is 20.3 Å². The Morgan fingerprint density at radius 3 is 2.33 bits per heavy atom. The van der Waals surface area contributed by atoms with Gasteiger partial charge in [0.25, 0.3) is 5.91 Å². The zero-order valence-electron chi connectivity index (χ0n) is 15.2. The van der Waals surface area contributed by atoms with Crippen LogP contribution in [-0.2, 0) is 11.2 Å². The SMILES string of the molecule is CCc1ccc(/C=C2\SC(=Nc3ccc(C(=O)O)cc3)N(CC)C2=O)cc1. The predicted octanol–water partition coefficient (Wildman–Crippen LogP) is 4.57. The molecule has 27 heavy (non-hydrogen) atoms. The molecule has 5 nitrogen and oxygen atoms in total. The Labute approximate surface area is 162 Å². The van der Waals surface area contributed by atoms with Gasteiger partial charge in [-0.15, -0.1) is 0 Å². The maximum absolute atomic E-state index is 12.7. The molecule has 1 aliphatic heterocycles. The lowest BCUT2D eigenvalue weighted by molar-refractivity contribution is -0.122. The van der Waals surface area contributed by atoms with Crippen LogP contribution in [0.25, 0.3) is 6.08 Å². The Hall–Kier alpha value is -2.86. The van der Waals surface area contributed by atoms with Crippen molar-refractivity contribution in [2.75, 3.05) is 6.54 Å². The van der Waals surface area contributed by atoms with Crippen LogP contribution in [0.15, 0.2) is 58.4 Å². The normalized spacial score (nSPS) is 17.1. The van der Waals surface area contributed by atoms with Crippen LogP contribution in [0.4, 0.5) is 5.69 Å². The van der Waals surface area contributed by atoms with Gasteiger partial charge in [-0.05, 0) is 66.6 Å². The summed E-state index contributed by atoms with van der Waals surface area (Å²) in [5.41, 5.74) is 3.05. The summed E-state index contributed by atoms with van der Waals surface area (Å²) in [5, 5.41) is 9.58. The molecule has 138 valence electrons. The zero-order chi connectivity index (χ0) is 19.4. The highest BCUT2D eigenvalue weighted by atomic mass is 32.2. The Balaban J connectivity index is 1.87. The number of amides is 1. The molecule has 0 aliphatic carbocycles. The fraction of sp³-hybridized carbons (Fsp3) is 0.190. The third-order valence-electron chi connectivity index (χ3n) is 4.23. The lowest BCUT2D eigenvalue weighted by Gasteiger charge is -2.12. The number of aliphatic imine (C=N–C) groups is 1. The second kappa shape index (κ2) is 8.22. The molecule has 1 fully saturated rings. The van der Waals surface area contributed by atoms with Gasteiger partial charge in [-0.3, -0.25) is 9.69 Å². The van der Waals surface area contributed by atoms with Gasteiger partial charge in [0.2, 0.25) is 0 Å². The lowest BCUT2D eigenvalue weighted by atomic mass is 10.1. The number of carbonyl (C=O) groups excluding carboxylic acids is 1. The summed E-state index contributed by atoms with van der Waals surface area (Å²) >= 11 is 1.33. The molecule has 2 aromatic rings. The van der Waals surface area contributed by atoms with E-state index in [-0.39, 0.29) is 11.5 Å². The zero-order valence-corrected chi connectivity index (χ0v) is 16.0. The highest BCUT2D eigenvalue weighted by Crippen LogP contribution is 2.34. The van der Waals surface area contributed by atoms with Gasteiger partial charge >= 0.3 is 5.97 Å². The number of hydrogen-bond donors (Lipinski definition) is 1. The number of benzene rings is 2. The standard InChI is InChI=1S/C21H20N2O3S/c1-3-14-5-7-15(8-6-14)13-18-19(24)23(4-2)21(27-18)22-17-11-9-16(10-12-17)20(25)26/h5-13H,3-4H2,1-2H3,(H,25,26)/b18-13-,22-21?. The van der Waals surface area contributed by atoms with Crippen molar-refractivity contribution in [1.29, 1.82) is 0 Å². The average Bonchev–Trinajstić information content (AvgIpc) is 2.97. The fourth-order valence-electron chi connectivity index (χ4n) is 2.66. The van der Waals surface area contributed by atoms with Crippen LogP contribution in [0.5, 0.6) is 0 Å². The second-order valence-electron chi connectivity index (χ2n) is 6.00. The van der Waals surface area contributed by atoms with Crippen LogP contribution in [-0.4, -0.2) is 33.6 Å². The van der Waals surface area contributed by atoms with Crippen molar-refractivity contribution < 1.29 is 14.7 Å². The van der Waals surface area contributed by atoms with Crippen molar-refractivity contribution in [2.24, 2.45) is 4.99 Å². The minimum absolute atomic E-state index is 0.0667. The minimum atomic E-state index is -0.978. The lowest BCUT2D eigenvalue weighted by Crippen LogP contribution is -2.28. The number of carboxylic acids is 1. The van der Waals surface area contributed by atoms with Gasteiger partial charge in [0.05, 0.1) is 16.2 Å². The third kappa shape index (κ3) is 4.28. The number of hydrogen-bond acceptors (Lipinski definition) is 4. The Morgan fingerprint density at radius 2 is 1.78 bits per heavy atom. The number of carbonyl (C=O) groups is 2. The summed E-state index contributed by atoms with van der Waals surface area (Å²) < 4.78 is 0. The summed E-state index contributed by atoms with van der Waals surface area (Å²) in [4.78, 5) is 30.4. The van der Waals surface area contributed by atoms with E-state index in [0.717, 1.165) is 12.0 Å². The van der Waals surface area contributed by atoms with Crippen molar-refractivity contribution in [3.05, 3.63) is 70.1 Å². The first-order valence-electron chi connectivity index (χ1n) is 8.74. The molecule has 0 aromatic heterocycles. The molecule has 0 bridgehead atoms. The molecule has 1 aliphatic rings. The molecule has 1 N–H and O–H groups in total. The molecular formula is C21H20N2O3S. The molecule has 1 amide bonds. The predicted molar refractivity (Wildman–Crippen MR) is 109 cm³/mol. The van der Waals surface area contributed by atoms with Gasteiger partial charge in [-0.2, -0.15) is 0 Å². The van der Waals surface area contributed by atoms with Gasteiger partial charge in [-0.1, -0.05) is 31.2 Å². The van der Waals surface area contributed by atoms with E-state index in [0.29, 0.717) is 22.3 Å². The van der Waals surface area contributed by atoms with E-state index in [1.807, 2.05) is 25.1 Å². The first kappa shape index (κ1) is 18.9. The van der Waals surface area contributed by atoms with Crippen LogP contribution >= 0.6 is 11.8 Å². The van der Waals surface area contributed by atoms with E-state index in [1.54, 1.807) is 17.0 Å². The summed E-state index contributed by atoms with van der Waals surface area (Å²) in [6.07, 6.45) is 2.86. The monoisotopic (exact) mass is 380 g/mol. The number of rotatable bonds is 5. The molecule has 3 rings (SSSR count). The molecule has 0 saturated carbocycles. The maximum Gasteiger partial charge on any atom is 0.335 e. The Kier molecular flexibility index (Phi) is 5.76. The number of nitrogens with zero attached hydrogens (tertiary/aromatic N) is 2. The van der Waals surface area contributed by atoms with E-state index in [2.05, 4.69) is 24.0 Å². The number of aromatic carboxylic acids is 1. The van der Waals surface area contributed by atoms with E-state index in [4.69, 9.17) is 5.11 Å². The average molecular weight is 380 g/mol. The summed E-state index contributed by atoms with van der Waals surface area (Å²) in [6, 6.07) is 14.4.